The summed E-state index contributed by atoms with van der Waals surface area (Å²) in [5.41, 5.74) is 1.80. The van der Waals surface area contributed by atoms with Gasteiger partial charge in [-0.05, 0) is 41.5 Å². The van der Waals surface area contributed by atoms with Gasteiger partial charge in [0.25, 0.3) is 5.69 Å². The Morgan fingerprint density at radius 2 is 1.75 bits per heavy atom. The Balaban J connectivity index is 2.08. The summed E-state index contributed by atoms with van der Waals surface area (Å²) in [4.78, 5) is 19.1. The number of hydrogen-bond acceptors (Lipinski definition) is 4. The van der Waals surface area contributed by atoms with Crippen molar-refractivity contribution >= 4 is 5.69 Å². The molecule has 0 spiro atoms. The van der Waals surface area contributed by atoms with Gasteiger partial charge in [0, 0.05) is 37.0 Å². The van der Waals surface area contributed by atoms with E-state index in [2.05, 4.69) is 9.97 Å². The first-order valence-corrected chi connectivity index (χ1v) is 7.25. The monoisotopic (exact) mass is 322 g/mol. The fraction of sp³-hybridized carbons (Fsp3) is 0.0556. The maximum atomic E-state index is 13.2. The van der Waals surface area contributed by atoms with Crippen LogP contribution >= 0.6 is 0 Å². The topological polar surface area (TPSA) is 68.9 Å². The smallest absolute Gasteiger partial charge is 0.265 e. The minimum atomic E-state index is -0.477. The Morgan fingerprint density at radius 1 is 1.04 bits per heavy atom. The number of nitrogens with zero attached hydrogens (tertiary/aromatic N) is 3. The van der Waals surface area contributed by atoms with Crippen molar-refractivity contribution in [2.75, 3.05) is 0 Å². The summed E-state index contributed by atoms with van der Waals surface area (Å²) < 4.78 is 13.2. The predicted molar refractivity (Wildman–Crippen MR) is 86.8 cm³/mol. The van der Waals surface area contributed by atoms with Gasteiger partial charge in [0.1, 0.15) is 11.5 Å². The molecule has 2 heterocycles. The fourth-order valence-electron chi connectivity index (χ4n) is 2.47. The first-order valence-electron chi connectivity index (χ1n) is 7.25. The van der Waals surface area contributed by atoms with E-state index < -0.39 is 10.8 Å². The Bertz CT molecular complexity index is 838. The zero-order valence-corrected chi connectivity index (χ0v) is 12.5. The van der Waals surface area contributed by atoms with Gasteiger partial charge in [0.15, 0.2) is 0 Å². The van der Waals surface area contributed by atoms with E-state index >= 15 is 0 Å². The van der Waals surface area contributed by atoms with Crippen LogP contribution in [0.1, 0.15) is 22.7 Å². The lowest BCUT2D eigenvalue weighted by atomic mass is 9.88. The van der Waals surface area contributed by atoms with Crippen LogP contribution in [0.25, 0.3) is 0 Å². The first kappa shape index (κ1) is 15.7. The summed E-state index contributed by atoms with van der Waals surface area (Å²) in [5, 5.41) is 11.3. The van der Waals surface area contributed by atoms with E-state index in [1.165, 1.54) is 30.5 Å². The summed E-state index contributed by atoms with van der Waals surface area (Å²) >= 11 is 0. The molecule has 0 bridgehead atoms. The quantitative estimate of drug-likeness (QED) is 0.527. The van der Waals surface area contributed by atoms with Crippen molar-refractivity contribution < 1.29 is 9.31 Å². The fourth-order valence-corrected chi connectivity index (χ4v) is 2.47. The van der Waals surface area contributed by atoms with Gasteiger partial charge in [-0.2, -0.15) is 0 Å². The average Bonchev–Trinajstić information content (AvgIpc) is 2.61. The lowest BCUT2D eigenvalue weighted by molar-refractivity contribution is -0.386. The van der Waals surface area contributed by atoms with Gasteiger partial charge in [-0.1, -0.05) is 12.1 Å². The van der Waals surface area contributed by atoms with E-state index in [-0.39, 0.29) is 11.5 Å². The number of nitro groups is 1. The van der Waals surface area contributed by atoms with Crippen molar-refractivity contribution in [3.8, 4) is 0 Å². The zero-order valence-electron chi connectivity index (χ0n) is 12.5. The molecule has 0 saturated carbocycles. The van der Waals surface area contributed by atoms with E-state index in [1.807, 2.05) is 6.42 Å². The van der Waals surface area contributed by atoms with Crippen LogP contribution in [0.15, 0.2) is 67.1 Å². The number of benzene rings is 1. The van der Waals surface area contributed by atoms with Crippen LogP contribution in [-0.2, 0) is 0 Å². The predicted octanol–water partition coefficient (Wildman–Crippen LogP) is 3.91. The van der Waals surface area contributed by atoms with Crippen molar-refractivity contribution in [2.24, 2.45) is 0 Å². The summed E-state index contributed by atoms with van der Waals surface area (Å²) in [5.74, 6) is -0.841. The van der Waals surface area contributed by atoms with E-state index in [1.54, 1.807) is 36.7 Å². The summed E-state index contributed by atoms with van der Waals surface area (Å²) in [6.45, 7) is 0. The molecule has 0 aliphatic rings. The van der Waals surface area contributed by atoms with E-state index in [0.717, 1.165) is 11.1 Å². The van der Waals surface area contributed by atoms with E-state index in [0.29, 0.717) is 5.69 Å². The standard InChI is InChI=1S/C18H13FN3O2/c19-15-5-3-14(4-6-15)16(12-13-7-10-20-11-8-13)18-17(22(23)24)2-1-9-21-18/h1-12,16H. The van der Waals surface area contributed by atoms with Gasteiger partial charge in [-0.15, -0.1) is 0 Å². The Kier molecular flexibility index (Phi) is 4.56. The molecule has 1 unspecified atom stereocenters. The van der Waals surface area contributed by atoms with Crippen LogP contribution < -0.4 is 0 Å². The van der Waals surface area contributed by atoms with Crippen LogP contribution in [-0.4, -0.2) is 14.9 Å². The molecule has 1 aromatic carbocycles. The second kappa shape index (κ2) is 6.95. The molecule has 3 rings (SSSR count). The second-order valence-corrected chi connectivity index (χ2v) is 5.14. The SMILES string of the molecule is O=[N+]([O-])c1cccnc1C([CH]c1ccncc1)c1ccc(F)cc1. The van der Waals surface area contributed by atoms with Crippen molar-refractivity contribution in [2.45, 2.75) is 5.92 Å². The van der Waals surface area contributed by atoms with Crippen LogP contribution in [0.2, 0.25) is 0 Å². The maximum absolute atomic E-state index is 13.2. The largest absolute Gasteiger partial charge is 0.291 e. The molecule has 2 aromatic heterocycles. The Morgan fingerprint density at radius 3 is 2.42 bits per heavy atom. The van der Waals surface area contributed by atoms with Gasteiger partial charge < -0.3 is 0 Å². The van der Waals surface area contributed by atoms with E-state index in [4.69, 9.17) is 0 Å². The molecular weight excluding hydrogens is 309 g/mol. The molecule has 1 atom stereocenters. The van der Waals surface area contributed by atoms with Gasteiger partial charge in [-0.25, -0.2) is 4.39 Å². The lowest BCUT2D eigenvalue weighted by Gasteiger charge is -2.17. The van der Waals surface area contributed by atoms with Gasteiger partial charge in [0.05, 0.1) is 4.92 Å². The van der Waals surface area contributed by atoms with E-state index in [9.17, 15) is 14.5 Å². The minimum Gasteiger partial charge on any atom is -0.265 e. The van der Waals surface area contributed by atoms with Crippen LogP contribution in [0.3, 0.4) is 0 Å². The van der Waals surface area contributed by atoms with Crippen molar-refractivity contribution in [1.82, 2.24) is 9.97 Å². The molecular formula is C18H13FN3O2. The maximum Gasteiger partial charge on any atom is 0.291 e. The molecule has 0 aliphatic heterocycles. The molecule has 0 saturated heterocycles. The molecule has 24 heavy (non-hydrogen) atoms. The molecule has 0 aliphatic carbocycles. The molecule has 119 valence electrons. The van der Waals surface area contributed by atoms with Gasteiger partial charge in [0.2, 0.25) is 0 Å². The van der Waals surface area contributed by atoms with Crippen LogP contribution in [0, 0.1) is 22.4 Å². The summed E-state index contributed by atoms with van der Waals surface area (Å²) in [6, 6.07) is 12.4. The molecule has 0 fully saturated rings. The second-order valence-electron chi connectivity index (χ2n) is 5.14. The molecule has 0 amide bonds. The number of pyridine rings is 2. The first-order chi connectivity index (χ1) is 11.6. The van der Waals surface area contributed by atoms with Gasteiger partial charge in [-0.3, -0.25) is 20.1 Å². The Labute approximate surface area is 138 Å². The zero-order chi connectivity index (χ0) is 16.9. The van der Waals surface area contributed by atoms with Crippen molar-refractivity contribution in [1.29, 1.82) is 0 Å². The number of rotatable bonds is 5. The Hall–Kier alpha value is -3.15. The molecule has 3 aromatic rings. The highest BCUT2D eigenvalue weighted by molar-refractivity contribution is 5.46. The third-order valence-corrected chi connectivity index (χ3v) is 3.60. The number of hydrogen-bond donors (Lipinski definition) is 0. The summed E-state index contributed by atoms with van der Waals surface area (Å²) in [7, 11) is 0. The third-order valence-electron chi connectivity index (χ3n) is 3.60. The molecule has 0 N–H and O–H groups in total. The molecule has 1 radical (unpaired) electrons. The lowest BCUT2D eigenvalue weighted by Crippen LogP contribution is -2.08. The molecule has 5 nitrogen and oxygen atoms in total. The van der Waals surface area contributed by atoms with Crippen molar-refractivity contribution in [3.05, 3.63) is 106 Å². The highest BCUT2D eigenvalue weighted by atomic mass is 19.1. The normalized spacial score (nSPS) is 11.9. The van der Waals surface area contributed by atoms with Crippen LogP contribution in [0.4, 0.5) is 10.1 Å². The summed E-state index contributed by atoms with van der Waals surface area (Å²) in [6.07, 6.45) is 6.64. The number of halogens is 1. The van der Waals surface area contributed by atoms with Crippen LogP contribution in [0.5, 0.6) is 0 Å². The van der Waals surface area contributed by atoms with Crippen molar-refractivity contribution in [3.63, 3.8) is 0 Å². The average molecular weight is 322 g/mol. The third kappa shape index (κ3) is 3.43. The van der Waals surface area contributed by atoms with Gasteiger partial charge >= 0.3 is 0 Å². The highest BCUT2D eigenvalue weighted by Crippen LogP contribution is 2.34. The number of aromatic nitrogens is 2. The minimum absolute atomic E-state index is 0.0721. The highest BCUT2D eigenvalue weighted by Gasteiger charge is 2.25. The molecule has 6 heteroatoms.